The SMILES string of the molecule is CNC(C)C1CCCCN1c1ccc(C(F)(F)F)nn1. The molecule has 0 spiro atoms. The fourth-order valence-electron chi connectivity index (χ4n) is 2.58. The minimum atomic E-state index is -4.44. The highest BCUT2D eigenvalue weighted by molar-refractivity contribution is 5.40. The smallest absolute Gasteiger partial charge is 0.351 e. The molecule has 1 aromatic rings. The summed E-state index contributed by atoms with van der Waals surface area (Å²) in [6.45, 7) is 2.87. The van der Waals surface area contributed by atoms with Gasteiger partial charge in [0.1, 0.15) is 0 Å². The van der Waals surface area contributed by atoms with Crippen LogP contribution in [0.5, 0.6) is 0 Å². The molecule has 2 unspecified atom stereocenters. The summed E-state index contributed by atoms with van der Waals surface area (Å²) < 4.78 is 37.5. The van der Waals surface area contributed by atoms with E-state index >= 15 is 0 Å². The number of alkyl halides is 3. The van der Waals surface area contributed by atoms with E-state index in [1.54, 1.807) is 0 Å². The van der Waals surface area contributed by atoms with Crippen molar-refractivity contribution in [3.8, 4) is 0 Å². The maximum Gasteiger partial charge on any atom is 0.435 e. The summed E-state index contributed by atoms with van der Waals surface area (Å²) >= 11 is 0. The summed E-state index contributed by atoms with van der Waals surface area (Å²) in [6, 6.07) is 2.90. The lowest BCUT2D eigenvalue weighted by atomic mass is 9.96. The van der Waals surface area contributed by atoms with Gasteiger partial charge in [-0.2, -0.15) is 13.2 Å². The highest BCUT2D eigenvalue weighted by atomic mass is 19.4. The van der Waals surface area contributed by atoms with Crippen molar-refractivity contribution in [3.63, 3.8) is 0 Å². The third kappa shape index (κ3) is 3.20. The Labute approximate surface area is 116 Å². The van der Waals surface area contributed by atoms with E-state index in [0.29, 0.717) is 5.82 Å². The Hall–Kier alpha value is -1.37. The van der Waals surface area contributed by atoms with Crippen molar-refractivity contribution >= 4 is 5.82 Å². The summed E-state index contributed by atoms with van der Waals surface area (Å²) in [6.07, 6.45) is -1.29. The van der Waals surface area contributed by atoms with E-state index in [1.165, 1.54) is 6.07 Å². The number of piperidine rings is 1. The van der Waals surface area contributed by atoms with Crippen LogP contribution in [-0.4, -0.2) is 35.9 Å². The van der Waals surface area contributed by atoms with Crippen molar-refractivity contribution in [2.45, 2.75) is 44.4 Å². The molecular formula is C13H19F3N4. The summed E-state index contributed by atoms with van der Waals surface area (Å²) in [5.41, 5.74) is -0.948. The zero-order chi connectivity index (χ0) is 14.8. The number of aromatic nitrogens is 2. The second-order valence-corrected chi connectivity index (χ2v) is 5.11. The number of rotatable bonds is 3. The Bertz CT molecular complexity index is 432. The number of nitrogens with one attached hydrogen (secondary N) is 1. The number of likely N-dealkylation sites (N-methyl/N-ethyl adjacent to an activating group) is 1. The molecular weight excluding hydrogens is 269 g/mol. The second kappa shape index (κ2) is 5.95. The number of halogens is 3. The molecule has 0 bridgehead atoms. The van der Waals surface area contributed by atoms with Crippen LogP contribution >= 0.6 is 0 Å². The van der Waals surface area contributed by atoms with Crippen LogP contribution in [0.25, 0.3) is 0 Å². The molecule has 1 aromatic heterocycles. The van der Waals surface area contributed by atoms with E-state index in [1.807, 2.05) is 7.05 Å². The highest BCUT2D eigenvalue weighted by Crippen LogP contribution is 2.29. The van der Waals surface area contributed by atoms with Crippen molar-refractivity contribution in [2.75, 3.05) is 18.5 Å². The first kappa shape index (κ1) is 15.0. The molecule has 4 nitrogen and oxygen atoms in total. The van der Waals surface area contributed by atoms with E-state index in [-0.39, 0.29) is 12.1 Å². The molecule has 2 heterocycles. The van der Waals surface area contributed by atoms with Gasteiger partial charge in [0, 0.05) is 18.6 Å². The largest absolute Gasteiger partial charge is 0.435 e. The zero-order valence-corrected chi connectivity index (χ0v) is 11.6. The van der Waals surface area contributed by atoms with Crippen molar-refractivity contribution in [2.24, 2.45) is 0 Å². The van der Waals surface area contributed by atoms with Crippen LogP contribution in [0.3, 0.4) is 0 Å². The normalized spacial score (nSPS) is 21.9. The van der Waals surface area contributed by atoms with Gasteiger partial charge < -0.3 is 10.2 Å². The molecule has 0 amide bonds. The Morgan fingerprint density at radius 2 is 2.05 bits per heavy atom. The van der Waals surface area contributed by atoms with Crippen LogP contribution in [0.1, 0.15) is 31.9 Å². The lowest BCUT2D eigenvalue weighted by molar-refractivity contribution is -0.141. The Balaban J connectivity index is 2.20. The van der Waals surface area contributed by atoms with Crippen molar-refractivity contribution in [1.82, 2.24) is 15.5 Å². The van der Waals surface area contributed by atoms with Crippen LogP contribution < -0.4 is 10.2 Å². The third-order valence-corrected chi connectivity index (χ3v) is 3.82. The minimum Gasteiger partial charge on any atom is -0.351 e. The summed E-state index contributed by atoms with van der Waals surface area (Å²) in [4.78, 5) is 2.05. The van der Waals surface area contributed by atoms with Gasteiger partial charge in [-0.25, -0.2) is 0 Å². The fraction of sp³-hybridized carbons (Fsp3) is 0.692. The van der Waals surface area contributed by atoms with Gasteiger partial charge >= 0.3 is 6.18 Å². The average Bonchev–Trinajstić information content (AvgIpc) is 2.45. The second-order valence-electron chi connectivity index (χ2n) is 5.11. The van der Waals surface area contributed by atoms with Gasteiger partial charge in [0.15, 0.2) is 11.5 Å². The predicted octanol–water partition coefficient (Wildman–Crippen LogP) is 2.46. The van der Waals surface area contributed by atoms with Gasteiger partial charge in [-0.3, -0.25) is 0 Å². The van der Waals surface area contributed by atoms with Gasteiger partial charge in [0.2, 0.25) is 0 Å². The van der Waals surface area contributed by atoms with E-state index in [0.717, 1.165) is 31.9 Å². The molecule has 1 fully saturated rings. The molecule has 0 saturated carbocycles. The molecule has 0 radical (unpaired) electrons. The molecule has 2 rings (SSSR count). The fourth-order valence-corrected chi connectivity index (χ4v) is 2.58. The summed E-state index contributed by atoms with van der Waals surface area (Å²) in [5.74, 6) is 0.518. The maximum absolute atomic E-state index is 12.5. The number of anilines is 1. The number of hydrogen-bond acceptors (Lipinski definition) is 4. The van der Waals surface area contributed by atoms with E-state index in [4.69, 9.17) is 0 Å². The first-order valence-corrected chi connectivity index (χ1v) is 6.78. The van der Waals surface area contributed by atoms with Crippen LogP contribution in [0, 0.1) is 0 Å². The van der Waals surface area contributed by atoms with E-state index in [2.05, 4.69) is 27.3 Å². The third-order valence-electron chi connectivity index (χ3n) is 3.82. The van der Waals surface area contributed by atoms with Crippen LogP contribution in [-0.2, 0) is 6.18 Å². The van der Waals surface area contributed by atoms with Crippen molar-refractivity contribution < 1.29 is 13.2 Å². The summed E-state index contributed by atoms with van der Waals surface area (Å²) in [7, 11) is 1.88. The molecule has 1 aliphatic heterocycles. The molecule has 112 valence electrons. The Morgan fingerprint density at radius 3 is 2.60 bits per heavy atom. The van der Waals surface area contributed by atoms with Gasteiger partial charge in [-0.05, 0) is 45.4 Å². The predicted molar refractivity (Wildman–Crippen MR) is 70.5 cm³/mol. The number of hydrogen-bond donors (Lipinski definition) is 1. The molecule has 1 N–H and O–H groups in total. The van der Waals surface area contributed by atoms with E-state index < -0.39 is 11.9 Å². The Morgan fingerprint density at radius 1 is 1.30 bits per heavy atom. The molecule has 2 atom stereocenters. The van der Waals surface area contributed by atoms with Gasteiger partial charge in [-0.15, -0.1) is 10.2 Å². The maximum atomic E-state index is 12.5. The lowest BCUT2D eigenvalue weighted by Crippen LogP contribution is -2.50. The first-order valence-electron chi connectivity index (χ1n) is 6.78. The van der Waals surface area contributed by atoms with Gasteiger partial charge in [0.25, 0.3) is 0 Å². The molecule has 0 aliphatic carbocycles. The average molecular weight is 288 g/mol. The molecule has 7 heteroatoms. The number of nitrogens with zero attached hydrogens (tertiary/aromatic N) is 3. The molecule has 1 aliphatic rings. The summed E-state index contributed by atoms with van der Waals surface area (Å²) in [5, 5.41) is 10.3. The quantitative estimate of drug-likeness (QED) is 0.927. The van der Waals surface area contributed by atoms with Gasteiger partial charge in [0.05, 0.1) is 0 Å². The first-order chi connectivity index (χ1) is 9.43. The van der Waals surface area contributed by atoms with Crippen LogP contribution in [0.15, 0.2) is 12.1 Å². The minimum absolute atomic E-state index is 0.236. The van der Waals surface area contributed by atoms with Crippen LogP contribution in [0.2, 0.25) is 0 Å². The van der Waals surface area contributed by atoms with Crippen molar-refractivity contribution in [3.05, 3.63) is 17.8 Å². The molecule has 1 saturated heterocycles. The standard InChI is InChI=1S/C13H19F3N4/c1-9(17-2)10-5-3-4-8-20(10)12-7-6-11(18-19-12)13(14,15)16/h6-7,9-10,17H,3-5,8H2,1-2H3. The van der Waals surface area contributed by atoms with E-state index in [9.17, 15) is 13.2 Å². The monoisotopic (exact) mass is 288 g/mol. The van der Waals surface area contributed by atoms with Crippen LogP contribution in [0.4, 0.5) is 19.0 Å². The molecule has 20 heavy (non-hydrogen) atoms. The lowest BCUT2D eigenvalue weighted by Gasteiger charge is -2.39. The Kier molecular flexibility index (Phi) is 4.47. The van der Waals surface area contributed by atoms with Crippen molar-refractivity contribution in [1.29, 1.82) is 0 Å². The topological polar surface area (TPSA) is 41.0 Å². The van der Waals surface area contributed by atoms with Gasteiger partial charge in [-0.1, -0.05) is 0 Å². The molecule has 0 aromatic carbocycles. The highest BCUT2D eigenvalue weighted by Gasteiger charge is 2.34. The zero-order valence-electron chi connectivity index (χ0n) is 11.6.